The van der Waals surface area contributed by atoms with Crippen molar-refractivity contribution >= 4 is 32.2 Å². The van der Waals surface area contributed by atoms with Crippen LogP contribution in [0.25, 0.3) is 0 Å². The molecule has 2 aromatic rings. The van der Waals surface area contributed by atoms with Crippen molar-refractivity contribution in [1.82, 2.24) is 4.98 Å². The molecule has 1 unspecified atom stereocenters. The Morgan fingerprint density at radius 3 is 2.03 bits per heavy atom. The number of carbonyl (C=O) groups is 1. The molecule has 0 radical (unpaired) electrons. The van der Waals surface area contributed by atoms with Gasteiger partial charge in [0.1, 0.15) is 5.25 Å². The molecule has 1 aromatic carbocycles. The molecule has 166 valence electrons. The molecule has 30 heavy (non-hydrogen) atoms. The second kappa shape index (κ2) is 8.30. The largest absolute Gasteiger partial charge is 0.416 e. The van der Waals surface area contributed by atoms with Gasteiger partial charge in [0.15, 0.2) is 15.0 Å². The molecule has 2 rings (SSSR count). The number of carbonyl (C=O) groups excluding carboxylic acids is 1. The normalized spacial score (nSPS) is 14.1. The topological polar surface area (TPSA) is 76.1 Å². The molecule has 1 amide bonds. The average molecular weight is 463 g/mol. The zero-order chi connectivity index (χ0) is 23.1. The number of anilines is 1. The van der Waals surface area contributed by atoms with Gasteiger partial charge >= 0.3 is 6.18 Å². The first-order valence-corrected chi connectivity index (χ1v) is 11.6. The molecule has 1 N–H and O–H groups in total. The molecule has 0 saturated carbocycles. The van der Waals surface area contributed by atoms with Crippen LogP contribution in [0.5, 0.6) is 0 Å². The van der Waals surface area contributed by atoms with E-state index in [1.807, 2.05) is 27.7 Å². The number of hydrogen-bond acceptors (Lipinski definition) is 5. The first-order valence-electron chi connectivity index (χ1n) is 9.25. The van der Waals surface area contributed by atoms with Gasteiger partial charge in [0.2, 0.25) is 5.91 Å². The van der Waals surface area contributed by atoms with E-state index >= 15 is 0 Å². The first kappa shape index (κ1) is 24.3. The van der Waals surface area contributed by atoms with Crippen molar-refractivity contribution in [3.8, 4) is 0 Å². The molecule has 1 atom stereocenters. The van der Waals surface area contributed by atoms with E-state index in [0.29, 0.717) is 12.1 Å². The standard InChI is InChI=1S/C20H25F3N2O3S2/c1-11(2)15(17(26)25-18-24-12(3)16(29-18)19(4,5)6)30(27,28)14-9-7-13(8-10-14)20(21,22)23/h7-11,15H,1-6H3,(H,24,25,26). The summed E-state index contributed by atoms with van der Waals surface area (Å²) in [5.74, 6) is -1.38. The van der Waals surface area contributed by atoms with Crippen LogP contribution in [0.15, 0.2) is 29.2 Å². The van der Waals surface area contributed by atoms with Crippen molar-refractivity contribution in [3.05, 3.63) is 40.4 Å². The lowest BCUT2D eigenvalue weighted by molar-refractivity contribution is -0.137. The fraction of sp³-hybridized carbons (Fsp3) is 0.500. The molecular formula is C20H25F3N2O3S2. The van der Waals surface area contributed by atoms with Gasteiger partial charge in [0.25, 0.3) is 0 Å². The molecule has 0 bridgehead atoms. The number of aryl methyl sites for hydroxylation is 1. The van der Waals surface area contributed by atoms with Gasteiger partial charge in [0, 0.05) is 4.88 Å². The van der Waals surface area contributed by atoms with Crippen LogP contribution in [0.4, 0.5) is 18.3 Å². The summed E-state index contributed by atoms with van der Waals surface area (Å²) in [5.41, 5.74) is -0.399. The maximum absolute atomic E-state index is 13.0. The molecule has 0 spiro atoms. The minimum atomic E-state index is -4.58. The predicted octanol–water partition coefficient (Wildman–Crippen LogP) is 5.20. The Morgan fingerprint density at radius 1 is 1.10 bits per heavy atom. The molecule has 0 saturated heterocycles. The minimum absolute atomic E-state index is 0.186. The van der Waals surface area contributed by atoms with Crippen LogP contribution in [0.1, 0.15) is 50.8 Å². The van der Waals surface area contributed by atoms with Crippen molar-refractivity contribution in [2.24, 2.45) is 5.92 Å². The number of hydrogen-bond donors (Lipinski definition) is 1. The van der Waals surface area contributed by atoms with Crippen LogP contribution in [0, 0.1) is 12.8 Å². The van der Waals surface area contributed by atoms with E-state index < -0.39 is 38.7 Å². The third-order valence-electron chi connectivity index (χ3n) is 4.42. The maximum atomic E-state index is 13.0. The van der Waals surface area contributed by atoms with Gasteiger partial charge in [-0.3, -0.25) is 4.79 Å². The summed E-state index contributed by atoms with van der Waals surface area (Å²) in [4.78, 5) is 17.8. The van der Waals surface area contributed by atoms with E-state index in [1.165, 1.54) is 11.3 Å². The number of alkyl halides is 3. The number of rotatable bonds is 5. The second-order valence-corrected chi connectivity index (χ2v) is 11.5. The highest BCUT2D eigenvalue weighted by atomic mass is 32.2. The fourth-order valence-electron chi connectivity index (χ4n) is 3.10. The van der Waals surface area contributed by atoms with Crippen LogP contribution in [-0.2, 0) is 26.2 Å². The monoisotopic (exact) mass is 462 g/mol. The third kappa shape index (κ3) is 5.21. The summed E-state index contributed by atoms with van der Waals surface area (Å²) in [7, 11) is -4.22. The van der Waals surface area contributed by atoms with Crippen LogP contribution in [-0.4, -0.2) is 24.6 Å². The quantitative estimate of drug-likeness (QED) is 0.662. The predicted molar refractivity (Wildman–Crippen MR) is 111 cm³/mol. The summed E-state index contributed by atoms with van der Waals surface area (Å²) < 4.78 is 64.4. The number of aromatic nitrogens is 1. The average Bonchev–Trinajstić information content (AvgIpc) is 2.94. The van der Waals surface area contributed by atoms with Crippen LogP contribution in [0.2, 0.25) is 0 Å². The van der Waals surface area contributed by atoms with Crippen molar-refractivity contribution in [3.63, 3.8) is 0 Å². The number of halogens is 3. The lowest BCUT2D eigenvalue weighted by atomic mass is 9.94. The molecule has 10 heteroatoms. The Morgan fingerprint density at radius 2 is 1.63 bits per heavy atom. The lowest BCUT2D eigenvalue weighted by Gasteiger charge is -2.20. The fourth-order valence-corrected chi connectivity index (χ4v) is 6.00. The molecule has 0 aliphatic carbocycles. The Balaban J connectivity index is 2.35. The number of thiazole rings is 1. The zero-order valence-corrected chi connectivity index (χ0v) is 19.2. The van der Waals surface area contributed by atoms with Gasteiger partial charge in [-0.25, -0.2) is 13.4 Å². The van der Waals surface area contributed by atoms with Crippen molar-refractivity contribution < 1.29 is 26.4 Å². The van der Waals surface area contributed by atoms with E-state index in [0.717, 1.165) is 22.7 Å². The first-order chi connectivity index (χ1) is 13.5. The number of sulfone groups is 1. The third-order valence-corrected chi connectivity index (χ3v) is 8.27. The van der Waals surface area contributed by atoms with Crippen LogP contribution >= 0.6 is 11.3 Å². The van der Waals surface area contributed by atoms with E-state index in [9.17, 15) is 26.4 Å². The minimum Gasteiger partial charge on any atom is -0.301 e. The van der Waals surface area contributed by atoms with E-state index in [4.69, 9.17) is 0 Å². The molecule has 0 aliphatic rings. The SMILES string of the molecule is Cc1nc(NC(=O)C(C(C)C)S(=O)(=O)c2ccc(C(F)(F)F)cc2)sc1C(C)(C)C. The van der Waals surface area contributed by atoms with Gasteiger partial charge in [-0.2, -0.15) is 13.2 Å². The molecule has 0 aliphatic heterocycles. The summed E-state index contributed by atoms with van der Waals surface area (Å²) in [6, 6.07) is 3.15. The Labute approximate surface area is 178 Å². The lowest BCUT2D eigenvalue weighted by Crippen LogP contribution is -2.39. The second-order valence-electron chi connectivity index (χ2n) is 8.40. The number of nitrogens with one attached hydrogen (secondary N) is 1. The van der Waals surface area contributed by atoms with Gasteiger partial charge < -0.3 is 5.32 Å². The molecule has 0 fully saturated rings. The van der Waals surface area contributed by atoms with Gasteiger partial charge in [-0.15, -0.1) is 11.3 Å². The summed E-state index contributed by atoms with van der Waals surface area (Å²) in [6.45, 7) is 11.0. The highest BCUT2D eigenvalue weighted by Gasteiger charge is 2.38. The molecule has 1 aromatic heterocycles. The molecule has 5 nitrogen and oxygen atoms in total. The van der Waals surface area contributed by atoms with Crippen molar-refractivity contribution in [1.29, 1.82) is 0 Å². The van der Waals surface area contributed by atoms with E-state index in [1.54, 1.807) is 13.8 Å². The van der Waals surface area contributed by atoms with Crippen molar-refractivity contribution in [2.75, 3.05) is 5.32 Å². The summed E-state index contributed by atoms with van der Waals surface area (Å²) >= 11 is 1.27. The molecule has 1 heterocycles. The van der Waals surface area contributed by atoms with Crippen LogP contribution in [0.3, 0.4) is 0 Å². The number of amides is 1. The number of nitrogens with zero attached hydrogens (tertiary/aromatic N) is 1. The van der Waals surface area contributed by atoms with Gasteiger partial charge in [-0.1, -0.05) is 34.6 Å². The highest BCUT2D eigenvalue weighted by Crippen LogP contribution is 2.34. The molecular weight excluding hydrogens is 437 g/mol. The zero-order valence-electron chi connectivity index (χ0n) is 17.6. The Kier molecular flexibility index (Phi) is 6.73. The van der Waals surface area contributed by atoms with Crippen LogP contribution < -0.4 is 5.32 Å². The Bertz CT molecular complexity index is 1020. The highest BCUT2D eigenvalue weighted by molar-refractivity contribution is 7.92. The summed E-state index contributed by atoms with van der Waals surface area (Å²) in [5, 5.41) is 1.39. The van der Waals surface area contributed by atoms with Crippen molar-refractivity contribution in [2.45, 2.75) is 63.3 Å². The Hall–Kier alpha value is -1.94. The van der Waals surface area contributed by atoms with E-state index in [2.05, 4.69) is 10.3 Å². The number of benzene rings is 1. The van der Waals surface area contributed by atoms with Gasteiger partial charge in [0.05, 0.1) is 16.2 Å². The summed E-state index contributed by atoms with van der Waals surface area (Å²) in [6.07, 6.45) is -4.58. The van der Waals surface area contributed by atoms with E-state index in [-0.39, 0.29) is 15.4 Å². The maximum Gasteiger partial charge on any atom is 0.416 e. The van der Waals surface area contributed by atoms with Gasteiger partial charge in [-0.05, 0) is 42.5 Å². The smallest absolute Gasteiger partial charge is 0.301 e.